The van der Waals surface area contributed by atoms with Crippen LogP contribution in [0.25, 0.3) is 0 Å². The van der Waals surface area contributed by atoms with E-state index in [2.05, 4.69) is 24.1 Å². The Kier molecular flexibility index (Phi) is 10.5. The predicted octanol–water partition coefficient (Wildman–Crippen LogP) is -0.375. The number of nitrogens with two attached hydrogens (primary N) is 1. The van der Waals surface area contributed by atoms with E-state index in [-0.39, 0.29) is 29.6 Å². The minimum atomic E-state index is 0. The molecule has 0 amide bonds. The van der Waals surface area contributed by atoms with Gasteiger partial charge in [0.25, 0.3) is 0 Å². The molecule has 2 nitrogen and oxygen atoms in total. The van der Waals surface area contributed by atoms with Gasteiger partial charge in [-0.2, -0.15) is 0 Å². The summed E-state index contributed by atoms with van der Waals surface area (Å²) in [6, 6.07) is 0. The molecule has 8 heavy (non-hydrogen) atoms. The van der Waals surface area contributed by atoms with Gasteiger partial charge in [-0.1, -0.05) is 6.08 Å². The molecule has 4 heteroatoms. The Labute approximate surface area is 76.8 Å². The second-order valence-corrected chi connectivity index (χ2v) is 1.47. The molecule has 41 valence electrons. The average Bonchev–Trinajstić information content (AvgIpc) is 1.61. The Morgan fingerprint density at radius 3 is 2.50 bits per heavy atom. The molecular formula is C4H8N2NaS. The van der Waals surface area contributed by atoms with Gasteiger partial charge in [0.2, 0.25) is 0 Å². The summed E-state index contributed by atoms with van der Waals surface area (Å²) >= 11 is 4.48. The van der Waals surface area contributed by atoms with Crippen LogP contribution in [-0.2, 0) is 0 Å². The third-order valence-corrected chi connectivity index (χ3v) is 0.565. The molecule has 0 aromatic carbocycles. The van der Waals surface area contributed by atoms with Crippen LogP contribution in [0.5, 0.6) is 0 Å². The fourth-order valence-corrected chi connectivity index (χ4v) is 0.256. The van der Waals surface area contributed by atoms with Crippen molar-refractivity contribution in [3.63, 3.8) is 0 Å². The molecule has 0 aliphatic carbocycles. The third-order valence-electron chi connectivity index (χ3n) is 0.421. The molecular weight excluding hydrogens is 131 g/mol. The molecule has 0 atom stereocenters. The molecule has 1 radical (unpaired) electrons. The van der Waals surface area contributed by atoms with Crippen molar-refractivity contribution in [1.29, 1.82) is 0 Å². The normalized spacial score (nSPS) is 6.50. The second-order valence-electron chi connectivity index (χ2n) is 1.03. The van der Waals surface area contributed by atoms with Crippen molar-refractivity contribution >= 4 is 46.9 Å². The maximum Gasteiger partial charge on any atom is 0.163 e. The van der Waals surface area contributed by atoms with Gasteiger partial charge >= 0.3 is 0 Å². The van der Waals surface area contributed by atoms with Crippen LogP contribution in [0.4, 0.5) is 0 Å². The van der Waals surface area contributed by atoms with E-state index >= 15 is 0 Å². The van der Waals surface area contributed by atoms with E-state index in [0.717, 1.165) is 0 Å². The molecule has 0 unspecified atom stereocenters. The van der Waals surface area contributed by atoms with Gasteiger partial charge in [0.1, 0.15) is 0 Å². The van der Waals surface area contributed by atoms with Gasteiger partial charge in [0.15, 0.2) is 5.11 Å². The number of thiocarbonyl (C=S) groups is 1. The van der Waals surface area contributed by atoms with Crippen LogP contribution < -0.4 is 11.1 Å². The van der Waals surface area contributed by atoms with Crippen LogP contribution in [0.3, 0.4) is 0 Å². The van der Waals surface area contributed by atoms with Gasteiger partial charge < -0.3 is 11.1 Å². The summed E-state index contributed by atoms with van der Waals surface area (Å²) in [6.45, 7) is 4.10. The monoisotopic (exact) mass is 139 g/mol. The van der Waals surface area contributed by atoms with Crippen LogP contribution in [-0.4, -0.2) is 41.2 Å². The van der Waals surface area contributed by atoms with Gasteiger partial charge in [-0.25, -0.2) is 0 Å². The van der Waals surface area contributed by atoms with Crippen molar-refractivity contribution in [3.05, 3.63) is 12.7 Å². The van der Waals surface area contributed by atoms with E-state index in [4.69, 9.17) is 5.73 Å². The van der Waals surface area contributed by atoms with Gasteiger partial charge in [-0.05, 0) is 12.2 Å². The smallest absolute Gasteiger partial charge is 0.163 e. The molecule has 0 rings (SSSR count). The number of nitrogens with one attached hydrogen (secondary N) is 1. The predicted molar refractivity (Wildman–Crippen MR) is 40.7 cm³/mol. The van der Waals surface area contributed by atoms with E-state index in [0.29, 0.717) is 11.7 Å². The summed E-state index contributed by atoms with van der Waals surface area (Å²) in [7, 11) is 0. The van der Waals surface area contributed by atoms with E-state index in [1.807, 2.05) is 0 Å². The summed E-state index contributed by atoms with van der Waals surface area (Å²) < 4.78 is 0. The van der Waals surface area contributed by atoms with Crippen molar-refractivity contribution in [2.24, 2.45) is 5.73 Å². The summed E-state index contributed by atoms with van der Waals surface area (Å²) in [5.41, 5.74) is 5.05. The van der Waals surface area contributed by atoms with E-state index in [1.54, 1.807) is 6.08 Å². The molecule has 0 saturated heterocycles. The molecule has 3 N–H and O–H groups in total. The molecule has 0 saturated carbocycles. The van der Waals surface area contributed by atoms with Crippen molar-refractivity contribution in [3.8, 4) is 0 Å². The second kappa shape index (κ2) is 7.43. The Bertz CT molecular complexity index is 84.1. The van der Waals surface area contributed by atoms with E-state index in [9.17, 15) is 0 Å². The molecule has 0 fully saturated rings. The first kappa shape index (κ1) is 11.3. The average molecular weight is 139 g/mol. The number of hydrogen-bond donors (Lipinski definition) is 2. The fraction of sp³-hybridized carbons (Fsp3) is 0.250. The molecule has 0 aliphatic heterocycles. The molecule has 0 heterocycles. The zero-order valence-corrected chi connectivity index (χ0v) is 7.79. The van der Waals surface area contributed by atoms with Gasteiger partial charge in [0.05, 0.1) is 0 Å². The standard InChI is InChI=1S/C4H8N2S.Na/c1-2-3-6-4(5)7;/h2H,1,3H2,(H3,5,6,7);. The zero-order chi connectivity index (χ0) is 5.70. The quantitative estimate of drug-likeness (QED) is 0.311. The third kappa shape index (κ3) is 9.66. The van der Waals surface area contributed by atoms with Crippen LogP contribution in [0, 0.1) is 0 Å². The maximum absolute atomic E-state index is 5.05. The minimum absolute atomic E-state index is 0. The summed E-state index contributed by atoms with van der Waals surface area (Å²) in [6.07, 6.45) is 1.69. The van der Waals surface area contributed by atoms with Crippen LogP contribution in [0.2, 0.25) is 0 Å². The first-order valence-corrected chi connectivity index (χ1v) is 2.32. The minimum Gasteiger partial charge on any atom is -0.376 e. The molecule has 0 spiro atoms. The van der Waals surface area contributed by atoms with Gasteiger partial charge in [-0.3, -0.25) is 0 Å². The Morgan fingerprint density at radius 2 is 2.38 bits per heavy atom. The van der Waals surface area contributed by atoms with Crippen molar-refractivity contribution in [2.75, 3.05) is 6.54 Å². The SMILES string of the molecule is C=CCNC(N)=S.[Na]. The largest absolute Gasteiger partial charge is 0.376 e. The Balaban J connectivity index is 0. The van der Waals surface area contributed by atoms with E-state index < -0.39 is 0 Å². The topological polar surface area (TPSA) is 38.0 Å². The van der Waals surface area contributed by atoms with Gasteiger partial charge in [-0.15, -0.1) is 6.58 Å². The Morgan fingerprint density at radius 1 is 1.88 bits per heavy atom. The Hall–Kier alpha value is 0.430. The van der Waals surface area contributed by atoms with Crippen molar-refractivity contribution in [1.82, 2.24) is 5.32 Å². The first-order valence-electron chi connectivity index (χ1n) is 1.91. The van der Waals surface area contributed by atoms with Crippen LogP contribution >= 0.6 is 12.2 Å². The number of rotatable bonds is 2. The van der Waals surface area contributed by atoms with Crippen LogP contribution in [0.1, 0.15) is 0 Å². The summed E-state index contributed by atoms with van der Waals surface area (Å²) in [4.78, 5) is 0. The summed E-state index contributed by atoms with van der Waals surface area (Å²) in [5.74, 6) is 0. The molecule has 0 aromatic rings. The maximum atomic E-state index is 5.05. The molecule has 0 aromatic heterocycles. The van der Waals surface area contributed by atoms with Crippen molar-refractivity contribution < 1.29 is 0 Å². The number of hydrogen-bond acceptors (Lipinski definition) is 1. The fourth-order valence-electron chi connectivity index (χ4n) is 0.173. The first-order chi connectivity index (χ1) is 3.27. The molecule has 0 aliphatic rings. The van der Waals surface area contributed by atoms with E-state index in [1.165, 1.54) is 0 Å². The molecule has 0 bridgehead atoms. The van der Waals surface area contributed by atoms with Crippen molar-refractivity contribution in [2.45, 2.75) is 0 Å². The van der Waals surface area contributed by atoms with Gasteiger partial charge in [0, 0.05) is 36.1 Å². The van der Waals surface area contributed by atoms with Crippen LogP contribution in [0.15, 0.2) is 12.7 Å². The zero-order valence-electron chi connectivity index (χ0n) is 4.98. The summed E-state index contributed by atoms with van der Waals surface area (Å²) in [5, 5.41) is 3.01.